The Morgan fingerprint density at radius 3 is 2.95 bits per heavy atom. The third kappa shape index (κ3) is 2.00. The van der Waals surface area contributed by atoms with Crippen LogP contribution in [0.1, 0.15) is 47.2 Å². The summed E-state index contributed by atoms with van der Waals surface area (Å²) >= 11 is 0. The minimum Gasteiger partial charge on any atom is -0.288 e. The quantitative estimate of drug-likeness (QED) is 0.873. The predicted molar refractivity (Wildman–Crippen MR) is 85.1 cm³/mol. The van der Waals surface area contributed by atoms with Gasteiger partial charge in [-0.25, -0.2) is 14.6 Å². The van der Waals surface area contributed by atoms with Crippen LogP contribution in [-0.4, -0.2) is 30.7 Å². The molecule has 5 nitrogen and oxygen atoms in total. The number of aryl methyl sites for hydroxylation is 1. The van der Waals surface area contributed by atoms with Crippen LogP contribution < -0.4 is 0 Å². The number of aromatic nitrogens is 4. The predicted octanol–water partition coefficient (Wildman–Crippen LogP) is 2.65. The molecule has 114 valence electrons. The molecule has 0 unspecified atom stereocenters. The molecule has 2 aromatic rings. The molecule has 0 N–H and O–H groups in total. The maximum atomic E-state index is 4.66. The minimum atomic E-state index is 0.459. The summed E-state index contributed by atoms with van der Waals surface area (Å²) in [5.74, 6) is 0.884. The van der Waals surface area contributed by atoms with Crippen molar-refractivity contribution in [1.29, 1.82) is 0 Å². The Kier molecular flexibility index (Phi) is 3.11. The highest BCUT2D eigenvalue weighted by Gasteiger charge is 2.40. The zero-order valence-electron chi connectivity index (χ0n) is 13.2. The van der Waals surface area contributed by atoms with Gasteiger partial charge in [0.25, 0.3) is 0 Å². The molecule has 22 heavy (non-hydrogen) atoms. The number of rotatable bonds is 3. The summed E-state index contributed by atoms with van der Waals surface area (Å²) in [5.41, 5.74) is 5.05. The molecule has 2 aliphatic heterocycles. The summed E-state index contributed by atoms with van der Waals surface area (Å²) < 4.78 is 1.85. The van der Waals surface area contributed by atoms with E-state index in [1.807, 2.05) is 24.0 Å². The van der Waals surface area contributed by atoms with E-state index in [2.05, 4.69) is 33.5 Å². The van der Waals surface area contributed by atoms with Crippen LogP contribution in [0.3, 0.4) is 0 Å². The molecular weight excluding hydrogens is 274 g/mol. The molecule has 1 saturated heterocycles. The molecule has 4 rings (SSSR count). The lowest BCUT2D eigenvalue weighted by atomic mass is 9.98. The van der Waals surface area contributed by atoms with Crippen LogP contribution in [-0.2, 0) is 13.0 Å². The summed E-state index contributed by atoms with van der Waals surface area (Å²) in [5, 5.41) is 4.37. The highest BCUT2D eigenvalue weighted by atomic mass is 15.3. The Balaban J connectivity index is 1.65. The highest BCUT2D eigenvalue weighted by Crippen LogP contribution is 2.43. The maximum absolute atomic E-state index is 4.66. The van der Waals surface area contributed by atoms with Crippen LogP contribution in [0.4, 0.5) is 0 Å². The van der Waals surface area contributed by atoms with E-state index >= 15 is 0 Å². The first-order chi connectivity index (χ1) is 10.7. The van der Waals surface area contributed by atoms with Crippen LogP contribution in [0.15, 0.2) is 19.0 Å². The molecule has 2 aromatic heterocycles. The molecule has 1 fully saturated rings. The van der Waals surface area contributed by atoms with E-state index in [1.165, 1.54) is 35.4 Å². The fraction of sp³-hybridized carbons (Fsp3) is 0.471. The second-order valence-corrected chi connectivity index (χ2v) is 6.33. The smallest absolute Gasteiger partial charge is 0.125 e. The lowest BCUT2D eigenvalue weighted by Gasteiger charge is -2.35. The second kappa shape index (κ2) is 5.02. The van der Waals surface area contributed by atoms with Crippen molar-refractivity contribution < 1.29 is 0 Å². The Labute approximate surface area is 130 Å². The molecule has 4 heterocycles. The Morgan fingerprint density at radius 2 is 2.18 bits per heavy atom. The third-order valence-corrected chi connectivity index (χ3v) is 5.12. The van der Waals surface area contributed by atoms with Gasteiger partial charge in [0.15, 0.2) is 0 Å². The van der Waals surface area contributed by atoms with Crippen LogP contribution in [0, 0.1) is 13.8 Å². The molecular formula is C17H21N5. The minimum absolute atomic E-state index is 0.459. The fourth-order valence-corrected chi connectivity index (χ4v) is 3.92. The molecule has 2 aliphatic rings. The van der Waals surface area contributed by atoms with Gasteiger partial charge in [0.1, 0.15) is 5.82 Å². The number of fused-ring (bicyclic) bond motifs is 4. The summed E-state index contributed by atoms with van der Waals surface area (Å²) in [6.07, 6.45) is 9.27. The van der Waals surface area contributed by atoms with Gasteiger partial charge in [-0.15, -0.1) is 0 Å². The number of hydrogen-bond donors (Lipinski definition) is 0. The van der Waals surface area contributed by atoms with Gasteiger partial charge in [0, 0.05) is 54.3 Å². The van der Waals surface area contributed by atoms with Crippen molar-refractivity contribution in [3.8, 4) is 0 Å². The molecule has 5 heteroatoms. The van der Waals surface area contributed by atoms with E-state index in [-0.39, 0.29) is 0 Å². The summed E-state index contributed by atoms with van der Waals surface area (Å²) in [7, 11) is 0. The van der Waals surface area contributed by atoms with Gasteiger partial charge in [-0.05, 0) is 26.7 Å². The molecule has 2 atom stereocenters. The van der Waals surface area contributed by atoms with Gasteiger partial charge in [-0.1, -0.05) is 6.58 Å². The average molecular weight is 295 g/mol. The van der Waals surface area contributed by atoms with E-state index in [9.17, 15) is 0 Å². The van der Waals surface area contributed by atoms with E-state index in [4.69, 9.17) is 0 Å². The van der Waals surface area contributed by atoms with Gasteiger partial charge in [-0.2, -0.15) is 5.10 Å². The van der Waals surface area contributed by atoms with Crippen molar-refractivity contribution >= 4 is 6.20 Å². The first-order valence-corrected chi connectivity index (χ1v) is 7.91. The molecule has 0 saturated carbocycles. The van der Waals surface area contributed by atoms with Crippen molar-refractivity contribution in [3.05, 3.63) is 47.3 Å². The van der Waals surface area contributed by atoms with Crippen LogP contribution in [0.25, 0.3) is 6.20 Å². The van der Waals surface area contributed by atoms with E-state index in [0.29, 0.717) is 12.1 Å². The zero-order valence-corrected chi connectivity index (χ0v) is 13.2. The lowest BCUT2D eigenvalue weighted by Crippen LogP contribution is -2.37. The van der Waals surface area contributed by atoms with Crippen molar-refractivity contribution in [2.75, 3.05) is 0 Å². The van der Waals surface area contributed by atoms with Crippen molar-refractivity contribution in [2.24, 2.45) is 0 Å². The first-order valence-electron chi connectivity index (χ1n) is 7.91. The van der Waals surface area contributed by atoms with E-state index < -0.39 is 0 Å². The Hall–Kier alpha value is -2.01. The number of nitrogens with zero attached hydrogens (tertiary/aromatic N) is 5. The lowest BCUT2D eigenvalue weighted by molar-refractivity contribution is 0.165. The molecule has 2 bridgehead atoms. The number of hydrogen-bond acceptors (Lipinski definition) is 4. The first kappa shape index (κ1) is 13.6. The molecule has 0 aliphatic carbocycles. The molecule has 0 aromatic carbocycles. The Bertz CT molecular complexity index is 733. The SMILES string of the molecule is C=Cn1ncc(CN2[C@H]3CC[C@H]2c2cnc(C)nc2C3)c1C. The van der Waals surface area contributed by atoms with Crippen molar-refractivity contribution in [1.82, 2.24) is 24.6 Å². The van der Waals surface area contributed by atoms with Crippen LogP contribution in [0.5, 0.6) is 0 Å². The van der Waals surface area contributed by atoms with Crippen molar-refractivity contribution in [2.45, 2.75) is 51.7 Å². The normalized spacial score (nSPS) is 23.5. The fourth-order valence-electron chi connectivity index (χ4n) is 3.92. The van der Waals surface area contributed by atoms with Crippen LogP contribution in [0.2, 0.25) is 0 Å². The van der Waals surface area contributed by atoms with Crippen LogP contribution >= 0.6 is 0 Å². The maximum Gasteiger partial charge on any atom is 0.125 e. The topological polar surface area (TPSA) is 46.8 Å². The standard InChI is InChI=1S/C17H21N5/c1-4-22-11(2)13(8-19-22)10-21-14-5-6-17(21)15-9-18-12(3)20-16(15)7-14/h4,8-9,14,17H,1,5-7,10H2,2-3H3/t14-,17-/m0/s1. The summed E-state index contributed by atoms with van der Waals surface area (Å²) in [6.45, 7) is 8.83. The molecule has 0 radical (unpaired) electrons. The van der Waals surface area contributed by atoms with Gasteiger partial charge < -0.3 is 0 Å². The van der Waals surface area contributed by atoms with Crippen molar-refractivity contribution in [3.63, 3.8) is 0 Å². The highest BCUT2D eigenvalue weighted by molar-refractivity contribution is 5.31. The van der Waals surface area contributed by atoms with Gasteiger partial charge in [0.2, 0.25) is 0 Å². The molecule has 0 amide bonds. The van der Waals surface area contributed by atoms with E-state index in [1.54, 1.807) is 6.20 Å². The largest absolute Gasteiger partial charge is 0.288 e. The summed E-state index contributed by atoms with van der Waals surface area (Å²) in [6, 6.07) is 1.05. The van der Waals surface area contributed by atoms with Gasteiger partial charge in [-0.3, -0.25) is 4.90 Å². The monoisotopic (exact) mass is 295 g/mol. The van der Waals surface area contributed by atoms with E-state index in [0.717, 1.165) is 18.8 Å². The molecule has 0 spiro atoms. The second-order valence-electron chi connectivity index (χ2n) is 6.33. The Morgan fingerprint density at radius 1 is 1.32 bits per heavy atom. The average Bonchev–Trinajstić information content (AvgIpc) is 2.99. The van der Waals surface area contributed by atoms with Gasteiger partial charge in [0.05, 0.1) is 11.9 Å². The van der Waals surface area contributed by atoms with Gasteiger partial charge >= 0.3 is 0 Å². The third-order valence-electron chi connectivity index (χ3n) is 5.12. The summed E-state index contributed by atoms with van der Waals surface area (Å²) in [4.78, 5) is 11.7. The zero-order chi connectivity index (χ0) is 15.3.